The van der Waals surface area contributed by atoms with Gasteiger partial charge in [0.2, 0.25) is 0 Å². The number of rotatable bonds is 10. The van der Waals surface area contributed by atoms with E-state index in [-0.39, 0.29) is 23.0 Å². The summed E-state index contributed by atoms with van der Waals surface area (Å²) in [6.07, 6.45) is 0.818. The van der Waals surface area contributed by atoms with Gasteiger partial charge in [0.1, 0.15) is 6.10 Å². The third kappa shape index (κ3) is 5.17. The minimum Gasteiger partial charge on any atom is -0.464 e. The van der Waals surface area contributed by atoms with E-state index in [2.05, 4.69) is 102 Å². The van der Waals surface area contributed by atoms with Crippen LogP contribution in [0, 0.1) is 11.8 Å². The highest BCUT2D eigenvalue weighted by Crippen LogP contribution is 2.37. The first kappa shape index (κ1) is 23.4. The van der Waals surface area contributed by atoms with Gasteiger partial charge in [-0.3, -0.25) is 4.79 Å². The van der Waals surface area contributed by atoms with Gasteiger partial charge in [-0.1, -0.05) is 109 Å². The molecule has 0 fully saturated rings. The fraction of sp³-hybridized carbons (Fsp3) is 0.480. The van der Waals surface area contributed by atoms with Crippen molar-refractivity contribution in [3.05, 3.63) is 60.7 Å². The minimum absolute atomic E-state index is 0.0627. The Bertz CT molecular complexity index is 700. The second-order valence-electron chi connectivity index (χ2n) is 9.03. The Kier molecular flexibility index (Phi) is 8.23. The van der Waals surface area contributed by atoms with E-state index in [0.29, 0.717) is 13.1 Å². The Hall–Kier alpha value is -1.91. The SMILES string of the molecule is CCC(C)[C@@H](OC=O)[C@H](C)CO[Si](c1ccccc1)(c1ccccc1)C(C)(C)C. The second kappa shape index (κ2) is 10.2. The van der Waals surface area contributed by atoms with Gasteiger partial charge in [-0.25, -0.2) is 0 Å². The highest BCUT2D eigenvalue weighted by Gasteiger charge is 2.50. The Morgan fingerprint density at radius 3 is 1.76 bits per heavy atom. The van der Waals surface area contributed by atoms with Gasteiger partial charge in [-0.15, -0.1) is 0 Å². The van der Waals surface area contributed by atoms with Crippen molar-refractivity contribution < 1.29 is 14.0 Å². The van der Waals surface area contributed by atoms with Crippen LogP contribution in [0.2, 0.25) is 5.04 Å². The molecule has 0 radical (unpaired) electrons. The van der Waals surface area contributed by atoms with E-state index in [1.807, 2.05) is 0 Å². The summed E-state index contributed by atoms with van der Waals surface area (Å²) in [6, 6.07) is 21.3. The van der Waals surface area contributed by atoms with Gasteiger partial charge >= 0.3 is 0 Å². The predicted octanol–water partition coefficient (Wildman–Crippen LogP) is 4.79. The van der Waals surface area contributed by atoms with Crippen molar-refractivity contribution in [2.24, 2.45) is 11.8 Å². The zero-order valence-electron chi connectivity index (χ0n) is 18.7. The van der Waals surface area contributed by atoms with Crippen molar-refractivity contribution in [3.63, 3.8) is 0 Å². The Labute approximate surface area is 177 Å². The topological polar surface area (TPSA) is 35.5 Å². The smallest absolute Gasteiger partial charge is 0.293 e. The fourth-order valence-corrected chi connectivity index (χ4v) is 8.91. The number of hydrogen-bond acceptors (Lipinski definition) is 3. The van der Waals surface area contributed by atoms with Crippen molar-refractivity contribution in [1.82, 2.24) is 0 Å². The summed E-state index contributed by atoms with van der Waals surface area (Å²) in [7, 11) is -2.57. The van der Waals surface area contributed by atoms with Crippen molar-refractivity contribution >= 4 is 25.2 Å². The number of carbonyl (C=O) groups excluding carboxylic acids is 1. The molecule has 2 aromatic rings. The fourth-order valence-electron chi connectivity index (χ4n) is 4.24. The van der Waals surface area contributed by atoms with Crippen LogP contribution in [-0.2, 0) is 14.0 Å². The molecule has 0 saturated carbocycles. The first-order valence-electron chi connectivity index (χ1n) is 10.6. The lowest BCUT2D eigenvalue weighted by Crippen LogP contribution is -2.67. The van der Waals surface area contributed by atoms with Crippen molar-refractivity contribution in [1.29, 1.82) is 0 Å². The van der Waals surface area contributed by atoms with E-state index in [9.17, 15) is 4.79 Å². The molecule has 2 aromatic carbocycles. The van der Waals surface area contributed by atoms with Gasteiger partial charge in [-0.05, 0) is 21.3 Å². The molecule has 3 atom stereocenters. The van der Waals surface area contributed by atoms with Crippen LogP contribution in [-0.4, -0.2) is 27.5 Å². The summed E-state index contributed by atoms with van der Waals surface area (Å²) in [6.45, 7) is 14.3. The lowest BCUT2D eigenvalue weighted by atomic mass is 9.92. The summed E-state index contributed by atoms with van der Waals surface area (Å²) in [5.74, 6) is 0.398. The van der Waals surface area contributed by atoms with Crippen LogP contribution in [0.3, 0.4) is 0 Å². The average molecular weight is 413 g/mol. The van der Waals surface area contributed by atoms with E-state index < -0.39 is 8.32 Å². The third-order valence-corrected chi connectivity index (χ3v) is 11.0. The van der Waals surface area contributed by atoms with E-state index in [4.69, 9.17) is 9.16 Å². The molecule has 0 saturated heterocycles. The first-order valence-corrected chi connectivity index (χ1v) is 12.5. The van der Waals surface area contributed by atoms with Crippen molar-refractivity contribution in [2.75, 3.05) is 6.61 Å². The molecular formula is C25H36O3Si. The second-order valence-corrected chi connectivity index (χ2v) is 13.3. The minimum atomic E-state index is -2.57. The lowest BCUT2D eigenvalue weighted by Gasteiger charge is -2.44. The van der Waals surface area contributed by atoms with Crippen LogP contribution in [0.25, 0.3) is 0 Å². The lowest BCUT2D eigenvalue weighted by molar-refractivity contribution is -0.139. The molecule has 0 aliphatic rings. The van der Waals surface area contributed by atoms with Gasteiger partial charge in [0, 0.05) is 12.5 Å². The molecule has 2 rings (SSSR count). The van der Waals surface area contributed by atoms with Crippen LogP contribution in [0.5, 0.6) is 0 Å². The molecule has 0 aliphatic carbocycles. The Balaban J connectivity index is 2.47. The quantitative estimate of drug-likeness (QED) is 0.416. The predicted molar refractivity (Wildman–Crippen MR) is 123 cm³/mol. The van der Waals surface area contributed by atoms with Gasteiger partial charge < -0.3 is 9.16 Å². The molecule has 0 aliphatic heterocycles. The number of hydrogen-bond donors (Lipinski definition) is 0. The summed E-state index contributed by atoms with van der Waals surface area (Å²) in [5.41, 5.74) is 0. The monoisotopic (exact) mass is 412 g/mol. The van der Waals surface area contributed by atoms with E-state index in [0.717, 1.165) is 6.42 Å². The molecule has 1 unspecified atom stereocenters. The van der Waals surface area contributed by atoms with Crippen LogP contribution in [0.15, 0.2) is 60.7 Å². The number of benzene rings is 2. The van der Waals surface area contributed by atoms with Crippen LogP contribution >= 0.6 is 0 Å². The zero-order chi connectivity index (χ0) is 21.5. The average Bonchev–Trinajstić information content (AvgIpc) is 2.72. The molecule has 3 nitrogen and oxygen atoms in total. The van der Waals surface area contributed by atoms with Crippen LogP contribution in [0.1, 0.15) is 48.0 Å². The van der Waals surface area contributed by atoms with Gasteiger partial charge in [0.25, 0.3) is 14.8 Å². The molecule has 29 heavy (non-hydrogen) atoms. The summed E-state index contributed by atoms with van der Waals surface area (Å²) < 4.78 is 12.5. The normalized spacial score (nSPS) is 15.4. The third-order valence-electron chi connectivity index (χ3n) is 5.96. The summed E-state index contributed by atoms with van der Waals surface area (Å²) in [4.78, 5) is 11.1. The van der Waals surface area contributed by atoms with E-state index in [1.54, 1.807) is 0 Å². The van der Waals surface area contributed by atoms with Gasteiger partial charge in [0.15, 0.2) is 0 Å². The van der Waals surface area contributed by atoms with E-state index >= 15 is 0 Å². The zero-order valence-corrected chi connectivity index (χ0v) is 19.7. The van der Waals surface area contributed by atoms with E-state index in [1.165, 1.54) is 10.4 Å². The molecule has 0 amide bonds. The molecular weight excluding hydrogens is 376 g/mol. The largest absolute Gasteiger partial charge is 0.464 e. The standard InChI is InChI=1S/C25H36O3Si/c1-7-20(2)24(27-19-26)21(3)18-28-29(25(4,5)6,22-14-10-8-11-15-22)23-16-12-9-13-17-23/h8-17,19-21,24H,7,18H2,1-6H3/t20?,21-,24-/m1/s1. The molecule has 0 spiro atoms. The highest BCUT2D eigenvalue weighted by molar-refractivity contribution is 6.99. The molecule has 0 aromatic heterocycles. The van der Waals surface area contributed by atoms with Crippen LogP contribution in [0.4, 0.5) is 0 Å². The Morgan fingerprint density at radius 1 is 0.897 bits per heavy atom. The van der Waals surface area contributed by atoms with Crippen molar-refractivity contribution in [3.8, 4) is 0 Å². The van der Waals surface area contributed by atoms with Gasteiger partial charge in [-0.2, -0.15) is 0 Å². The summed E-state index contributed by atoms with van der Waals surface area (Å²) >= 11 is 0. The van der Waals surface area contributed by atoms with Crippen molar-refractivity contribution in [2.45, 2.75) is 59.1 Å². The molecule has 4 heteroatoms. The maximum absolute atomic E-state index is 11.1. The number of ether oxygens (including phenoxy) is 1. The maximum atomic E-state index is 11.1. The molecule has 0 N–H and O–H groups in total. The molecule has 158 valence electrons. The van der Waals surface area contributed by atoms with Crippen LogP contribution < -0.4 is 10.4 Å². The maximum Gasteiger partial charge on any atom is 0.293 e. The van der Waals surface area contributed by atoms with Gasteiger partial charge in [0.05, 0.1) is 0 Å². The molecule has 0 bridgehead atoms. The summed E-state index contributed by atoms with van der Waals surface area (Å²) in [5, 5.41) is 2.47. The molecule has 0 heterocycles. The first-order chi connectivity index (χ1) is 13.8. The highest BCUT2D eigenvalue weighted by atomic mass is 28.4. The Morgan fingerprint density at radius 2 is 1.38 bits per heavy atom. The number of carbonyl (C=O) groups is 1.